The number of hydrogen-bond donors (Lipinski definition) is 2. The fourth-order valence-corrected chi connectivity index (χ4v) is 1.44. The van der Waals surface area contributed by atoms with E-state index >= 15 is 0 Å². The van der Waals surface area contributed by atoms with Crippen molar-refractivity contribution < 1.29 is 19.5 Å². The molecule has 0 atom stereocenters. The highest BCUT2D eigenvalue weighted by atomic mass is 16.4. The molecule has 19 heavy (non-hydrogen) atoms. The number of likely N-dealkylation sites (N-methyl/N-ethyl adjacent to an activating group) is 1. The standard InChI is InChI=1S/C6H4.C5H8N2O2.C2H4O2/c1-2-6-4-3-5(1)6;1-7-2-4(8)6-5(9)3-7;1-2(3)4/h1-4H;2-3H2,1H3,(H,6,8,9);1H3,(H,3,4). The minimum atomic E-state index is -0.833. The number of carboxylic acids is 1. The number of fused-ring (bicyclic) bond motifs is 1. The van der Waals surface area contributed by atoms with Gasteiger partial charge in [0.2, 0.25) is 11.8 Å². The quantitative estimate of drug-likeness (QED) is 0.670. The monoisotopic (exact) mass is 264 g/mol. The van der Waals surface area contributed by atoms with Crippen LogP contribution >= 0.6 is 0 Å². The molecular formula is C13H16N2O4. The summed E-state index contributed by atoms with van der Waals surface area (Å²) in [5.41, 5.74) is 2.85. The van der Waals surface area contributed by atoms with Crippen molar-refractivity contribution in [1.82, 2.24) is 10.2 Å². The molecule has 6 heteroatoms. The molecule has 1 aliphatic heterocycles. The number of rotatable bonds is 0. The smallest absolute Gasteiger partial charge is 0.300 e. The molecule has 1 heterocycles. The minimum absolute atomic E-state index is 0.214. The molecule has 0 aromatic heterocycles. The van der Waals surface area contributed by atoms with Crippen LogP contribution in [0.5, 0.6) is 0 Å². The maximum atomic E-state index is 10.5. The van der Waals surface area contributed by atoms with Gasteiger partial charge < -0.3 is 5.11 Å². The molecular weight excluding hydrogens is 248 g/mol. The average Bonchev–Trinajstić information content (AvgIpc) is 2.21. The molecule has 0 saturated carbocycles. The third-order valence-electron chi connectivity index (χ3n) is 2.32. The molecule has 3 aliphatic rings. The Morgan fingerprint density at radius 2 is 1.42 bits per heavy atom. The highest BCUT2D eigenvalue weighted by Crippen LogP contribution is 2.29. The van der Waals surface area contributed by atoms with E-state index in [0.717, 1.165) is 6.92 Å². The second-order valence-corrected chi connectivity index (χ2v) is 4.24. The van der Waals surface area contributed by atoms with Gasteiger partial charge in [-0.05, 0) is 18.2 Å². The lowest BCUT2D eigenvalue weighted by molar-refractivity contribution is -0.136. The number of carbonyl (C=O) groups is 3. The number of hydrogen-bond acceptors (Lipinski definition) is 4. The van der Waals surface area contributed by atoms with Gasteiger partial charge in [0.1, 0.15) is 0 Å². The first-order valence-corrected chi connectivity index (χ1v) is 5.69. The minimum Gasteiger partial charge on any atom is -0.481 e. The first kappa shape index (κ1) is 14.8. The van der Waals surface area contributed by atoms with Crippen LogP contribution in [0.15, 0.2) is 24.3 Å². The van der Waals surface area contributed by atoms with Crippen molar-refractivity contribution in [3.05, 3.63) is 24.3 Å². The van der Waals surface area contributed by atoms with Crippen molar-refractivity contribution in [2.75, 3.05) is 20.1 Å². The van der Waals surface area contributed by atoms with Crippen LogP contribution in [0.4, 0.5) is 0 Å². The Bertz CT molecular complexity index is 441. The van der Waals surface area contributed by atoms with Gasteiger partial charge in [-0.25, -0.2) is 0 Å². The number of piperazine rings is 1. The summed E-state index contributed by atoms with van der Waals surface area (Å²) < 4.78 is 0. The summed E-state index contributed by atoms with van der Waals surface area (Å²) >= 11 is 0. The molecule has 1 fully saturated rings. The number of aliphatic carboxylic acids is 1. The predicted molar refractivity (Wildman–Crippen MR) is 69.4 cm³/mol. The number of benzene rings is 1. The van der Waals surface area contributed by atoms with Gasteiger partial charge in [-0.2, -0.15) is 0 Å². The molecule has 2 N–H and O–H groups in total. The zero-order chi connectivity index (χ0) is 14.4. The maximum Gasteiger partial charge on any atom is 0.300 e. The van der Waals surface area contributed by atoms with E-state index in [1.54, 1.807) is 11.9 Å². The fourth-order valence-electron chi connectivity index (χ4n) is 1.44. The lowest BCUT2D eigenvalue weighted by atomic mass is 9.95. The van der Waals surface area contributed by atoms with Crippen molar-refractivity contribution in [2.45, 2.75) is 6.92 Å². The molecule has 102 valence electrons. The Morgan fingerprint density at radius 3 is 1.58 bits per heavy atom. The van der Waals surface area contributed by atoms with Gasteiger partial charge in [-0.15, -0.1) is 0 Å². The van der Waals surface area contributed by atoms with Crippen LogP contribution in [-0.2, 0) is 14.4 Å². The Labute approximate surface area is 111 Å². The summed E-state index contributed by atoms with van der Waals surface area (Å²) in [6.07, 6.45) is 0. The number of nitrogens with one attached hydrogen (secondary N) is 1. The molecule has 6 nitrogen and oxygen atoms in total. The molecule has 0 aromatic rings. The Morgan fingerprint density at radius 1 is 1.11 bits per heavy atom. The summed E-state index contributed by atoms with van der Waals surface area (Å²) in [6, 6.07) is 8.48. The number of nitrogens with zero attached hydrogens (tertiary/aromatic N) is 1. The highest BCUT2D eigenvalue weighted by Gasteiger charge is 2.18. The Kier molecular flexibility index (Phi) is 5.20. The summed E-state index contributed by atoms with van der Waals surface area (Å²) in [5, 5.41) is 9.61. The molecule has 2 amide bonds. The largest absolute Gasteiger partial charge is 0.481 e. The van der Waals surface area contributed by atoms with Gasteiger partial charge in [0, 0.05) is 6.92 Å². The summed E-state index contributed by atoms with van der Waals surface area (Å²) in [7, 11) is 1.73. The Balaban J connectivity index is 0.000000156. The second-order valence-electron chi connectivity index (χ2n) is 4.24. The summed E-state index contributed by atoms with van der Waals surface area (Å²) in [5.74, 6) is -1.26. The van der Waals surface area contributed by atoms with E-state index in [1.807, 2.05) is 0 Å². The predicted octanol–water partition coefficient (Wildman–Crippen LogP) is 0.333. The SMILES string of the molecule is CC(=O)O.CN1CC(=O)NC(=O)C1.c1cc2ccc1-2. The molecule has 0 radical (unpaired) electrons. The van der Waals surface area contributed by atoms with Crippen LogP contribution in [0.1, 0.15) is 6.92 Å². The van der Waals surface area contributed by atoms with Gasteiger partial charge in [-0.1, -0.05) is 24.3 Å². The van der Waals surface area contributed by atoms with Gasteiger partial charge in [0.05, 0.1) is 13.1 Å². The zero-order valence-electron chi connectivity index (χ0n) is 10.8. The van der Waals surface area contributed by atoms with Crippen molar-refractivity contribution in [2.24, 2.45) is 0 Å². The van der Waals surface area contributed by atoms with Crippen LogP contribution in [0.25, 0.3) is 11.1 Å². The van der Waals surface area contributed by atoms with Crippen molar-refractivity contribution in [3.8, 4) is 11.1 Å². The number of amides is 2. The van der Waals surface area contributed by atoms with Crippen molar-refractivity contribution >= 4 is 17.8 Å². The van der Waals surface area contributed by atoms with E-state index in [1.165, 1.54) is 11.1 Å². The van der Waals surface area contributed by atoms with E-state index in [4.69, 9.17) is 9.90 Å². The van der Waals surface area contributed by atoms with Crippen LogP contribution in [0.2, 0.25) is 0 Å². The Hall–Kier alpha value is -2.21. The van der Waals surface area contributed by atoms with Crippen LogP contribution in [-0.4, -0.2) is 47.9 Å². The second kappa shape index (κ2) is 6.65. The topological polar surface area (TPSA) is 86.7 Å². The van der Waals surface area contributed by atoms with Gasteiger partial charge in [0.25, 0.3) is 5.97 Å². The van der Waals surface area contributed by atoms with Crippen LogP contribution in [0, 0.1) is 0 Å². The van der Waals surface area contributed by atoms with Crippen molar-refractivity contribution in [1.29, 1.82) is 0 Å². The zero-order valence-corrected chi connectivity index (χ0v) is 10.8. The fraction of sp³-hybridized carbons (Fsp3) is 0.308. The molecule has 0 spiro atoms. The normalized spacial score (nSPS) is 15.3. The number of carboxylic acid groups (broad SMARTS) is 1. The van der Waals surface area contributed by atoms with Crippen LogP contribution in [0.3, 0.4) is 0 Å². The first-order valence-electron chi connectivity index (χ1n) is 5.69. The van der Waals surface area contributed by atoms with Gasteiger partial charge in [-0.3, -0.25) is 24.6 Å². The maximum absolute atomic E-state index is 10.5. The summed E-state index contributed by atoms with van der Waals surface area (Å²) in [6.45, 7) is 1.73. The van der Waals surface area contributed by atoms with E-state index in [9.17, 15) is 9.59 Å². The summed E-state index contributed by atoms with van der Waals surface area (Å²) in [4.78, 5) is 31.7. The van der Waals surface area contributed by atoms with E-state index in [2.05, 4.69) is 29.6 Å². The van der Waals surface area contributed by atoms with Crippen LogP contribution < -0.4 is 5.32 Å². The van der Waals surface area contributed by atoms with E-state index in [-0.39, 0.29) is 11.8 Å². The molecule has 0 aromatic carbocycles. The van der Waals surface area contributed by atoms with Gasteiger partial charge >= 0.3 is 0 Å². The van der Waals surface area contributed by atoms with Crippen molar-refractivity contribution in [3.63, 3.8) is 0 Å². The lowest BCUT2D eigenvalue weighted by Crippen LogP contribution is -2.49. The molecule has 1 saturated heterocycles. The number of carbonyl (C=O) groups excluding carboxylic acids is 2. The molecule has 0 bridgehead atoms. The van der Waals surface area contributed by atoms with Gasteiger partial charge in [0.15, 0.2) is 0 Å². The van der Waals surface area contributed by atoms with E-state index < -0.39 is 5.97 Å². The lowest BCUT2D eigenvalue weighted by Gasteiger charge is -2.19. The third kappa shape index (κ3) is 5.31. The number of imide groups is 1. The molecule has 3 rings (SSSR count). The molecule has 2 aliphatic carbocycles. The highest BCUT2D eigenvalue weighted by molar-refractivity contribution is 5.99. The first-order chi connectivity index (χ1) is 8.88. The van der Waals surface area contributed by atoms with E-state index in [0.29, 0.717) is 13.1 Å². The average molecular weight is 264 g/mol. The third-order valence-corrected chi connectivity index (χ3v) is 2.32. The molecule has 0 unspecified atom stereocenters.